The molecule has 0 aliphatic carbocycles. The van der Waals surface area contributed by atoms with Crippen LogP contribution in [0.4, 0.5) is 17.6 Å². The first-order valence-corrected chi connectivity index (χ1v) is 13.3. The lowest BCUT2D eigenvalue weighted by Gasteiger charge is -2.18. The van der Waals surface area contributed by atoms with Gasteiger partial charge in [0.15, 0.2) is 5.84 Å². The number of aliphatic imine (C=N–C) groups is 3. The molecule has 0 N–H and O–H groups in total. The third-order valence-corrected chi connectivity index (χ3v) is 6.94. The van der Waals surface area contributed by atoms with Gasteiger partial charge in [-0.3, -0.25) is 4.99 Å². The fraction of sp³-hybridized carbons (Fsp3) is 0.323. The van der Waals surface area contributed by atoms with E-state index in [1.54, 1.807) is 43.5 Å². The number of alkyl halides is 3. The minimum atomic E-state index is -4.55. The van der Waals surface area contributed by atoms with Crippen molar-refractivity contribution in [3.05, 3.63) is 94.2 Å². The summed E-state index contributed by atoms with van der Waals surface area (Å²) in [4.78, 5) is 13.7. The maximum absolute atomic E-state index is 14.3. The maximum atomic E-state index is 14.3. The van der Waals surface area contributed by atoms with Gasteiger partial charge in [-0.25, -0.2) is 14.4 Å². The molecule has 0 bridgehead atoms. The molecule has 0 fully saturated rings. The zero-order valence-corrected chi connectivity index (χ0v) is 22.3. The van der Waals surface area contributed by atoms with Crippen molar-refractivity contribution in [2.45, 2.75) is 51.7 Å². The average Bonchev–Trinajstić information content (AvgIpc) is 3.20. The Morgan fingerprint density at radius 3 is 2.67 bits per heavy atom. The van der Waals surface area contributed by atoms with Gasteiger partial charge in [-0.2, -0.15) is 13.2 Å². The normalized spacial score (nSPS) is 19.4. The fourth-order valence-electron chi connectivity index (χ4n) is 4.90. The molecule has 0 aromatic heterocycles. The second-order valence-electron chi connectivity index (χ2n) is 9.76. The number of fused-ring (bicyclic) bond motifs is 1. The monoisotopic (exact) mass is 551 g/mol. The molecule has 1 unspecified atom stereocenters. The molecule has 208 valence electrons. The highest BCUT2D eigenvalue weighted by molar-refractivity contribution is 6.43. The highest BCUT2D eigenvalue weighted by Gasteiger charge is 2.35. The van der Waals surface area contributed by atoms with Gasteiger partial charge in [0.2, 0.25) is 0 Å². The summed E-state index contributed by atoms with van der Waals surface area (Å²) >= 11 is 0. The van der Waals surface area contributed by atoms with E-state index in [1.807, 2.05) is 13.0 Å². The van der Waals surface area contributed by atoms with Gasteiger partial charge in [-0.05, 0) is 68.2 Å². The van der Waals surface area contributed by atoms with Gasteiger partial charge in [0.1, 0.15) is 17.3 Å². The summed E-state index contributed by atoms with van der Waals surface area (Å²) < 4.78 is 67.8. The van der Waals surface area contributed by atoms with Gasteiger partial charge >= 0.3 is 6.18 Å². The third kappa shape index (κ3) is 6.08. The van der Waals surface area contributed by atoms with E-state index in [1.165, 1.54) is 12.1 Å². The number of halogens is 4. The number of benzene rings is 2. The summed E-state index contributed by atoms with van der Waals surface area (Å²) in [6.07, 6.45) is 3.05. The molecule has 40 heavy (non-hydrogen) atoms. The number of hydrogen-bond donors (Lipinski definition) is 0. The minimum absolute atomic E-state index is 0.100. The van der Waals surface area contributed by atoms with E-state index in [0.717, 1.165) is 11.6 Å². The van der Waals surface area contributed by atoms with Crippen LogP contribution in [0.15, 0.2) is 86.6 Å². The van der Waals surface area contributed by atoms with Crippen molar-refractivity contribution in [1.82, 2.24) is 0 Å². The Morgan fingerprint density at radius 1 is 1.07 bits per heavy atom. The van der Waals surface area contributed by atoms with E-state index in [-0.39, 0.29) is 24.0 Å². The van der Waals surface area contributed by atoms with Crippen LogP contribution in [-0.4, -0.2) is 37.0 Å². The number of nitrogens with zero attached hydrogens (tertiary/aromatic N) is 3. The first kappa shape index (κ1) is 27.6. The van der Waals surface area contributed by atoms with Crippen molar-refractivity contribution in [2.24, 2.45) is 15.0 Å². The van der Waals surface area contributed by atoms with Crippen LogP contribution < -0.4 is 4.74 Å². The lowest BCUT2D eigenvalue weighted by atomic mass is 9.93. The molecule has 3 heterocycles. The van der Waals surface area contributed by atoms with Gasteiger partial charge in [-0.15, -0.1) is 0 Å². The molecular formula is C31H29F4N3O2. The van der Waals surface area contributed by atoms with E-state index in [4.69, 9.17) is 14.5 Å². The van der Waals surface area contributed by atoms with E-state index in [2.05, 4.69) is 9.98 Å². The van der Waals surface area contributed by atoms with Crippen LogP contribution >= 0.6 is 0 Å². The summed E-state index contributed by atoms with van der Waals surface area (Å²) in [6, 6.07) is 10.3. The summed E-state index contributed by atoms with van der Waals surface area (Å²) in [7, 11) is 0. The Bertz CT molecular complexity index is 1480. The third-order valence-electron chi connectivity index (χ3n) is 6.94. The second kappa shape index (κ2) is 11.6. The predicted octanol–water partition coefficient (Wildman–Crippen LogP) is 7.73. The molecule has 2 aromatic rings. The molecule has 0 spiro atoms. The van der Waals surface area contributed by atoms with E-state index in [9.17, 15) is 17.6 Å². The lowest BCUT2D eigenvalue weighted by molar-refractivity contribution is -0.137. The van der Waals surface area contributed by atoms with Crippen molar-refractivity contribution in [1.29, 1.82) is 0 Å². The smallest absolute Gasteiger partial charge is 0.417 e. The molecule has 5 rings (SSSR count). The van der Waals surface area contributed by atoms with Crippen molar-refractivity contribution >= 4 is 23.3 Å². The van der Waals surface area contributed by atoms with Crippen LogP contribution in [0.5, 0.6) is 5.75 Å². The Labute approximate surface area is 230 Å². The quantitative estimate of drug-likeness (QED) is 0.345. The first-order valence-electron chi connectivity index (χ1n) is 13.3. The van der Waals surface area contributed by atoms with Gasteiger partial charge in [0.05, 0.1) is 41.8 Å². The Balaban J connectivity index is 1.40. The number of hydrogen-bond acceptors (Lipinski definition) is 5. The van der Waals surface area contributed by atoms with E-state index < -0.39 is 17.6 Å². The van der Waals surface area contributed by atoms with Gasteiger partial charge in [0.25, 0.3) is 0 Å². The van der Waals surface area contributed by atoms with Gasteiger partial charge < -0.3 is 9.47 Å². The topological polar surface area (TPSA) is 55.5 Å². The molecule has 3 aliphatic rings. The summed E-state index contributed by atoms with van der Waals surface area (Å²) in [5.41, 5.74) is 2.22. The van der Waals surface area contributed by atoms with Crippen molar-refractivity contribution in [3.63, 3.8) is 0 Å². The summed E-state index contributed by atoms with van der Waals surface area (Å²) in [6.45, 7) is 4.21. The zero-order chi connectivity index (χ0) is 28.3. The lowest BCUT2D eigenvalue weighted by Crippen LogP contribution is -2.13. The van der Waals surface area contributed by atoms with Crippen LogP contribution in [0.3, 0.4) is 0 Å². The van der Waals surface area contributed by atoms with E-state index in [0.29, 0.717) is 66.4 Å². The summed E-state index contributed by atoms with van der Waals surface area (Å²) in [5, 5.41) is 0. The summed E-state index contributed by atoms with van der Waals surface area (Å²) in [5.74, 6) is 0.671. The predicted molar refractivity (Wildman–Crippen MR) is 148 cm³/mol. The number of ether oxygens (including phenoxy) is 2. The van der Waals surface area contributed by atoms with Gasteiger partial charge in [-0.1, -0.05) is 29.8 Å². The molecule has 1 atom stereocenters. The average molecular weight is 552 g/mol. The van der Waals surface area contributed by atoms with Crippen LogP contribution in [0.2, 0.25) is 0 Å². The number of allylic oxidation sites excluding steroid dienone is 4. The standard InChI is InChI=1S/C31H29F4N3O2/c1-3-39-21-11-12-23(26(17-21)31(33,34)35)25-16-22(40-14-13-19(25)2)15-20-7-6-10-28-29(18-36-20)38-30(37-28)24-8-4-5-9-27(24)32/h4-5,8-12,16-18,20H,3,6-7,13-15H2,1-2H3. The molecule has 5 nitrogen and oxygen atoms in total. The van der Waals surface area contributed by atoms with Crippen LogP contribution in [-0.2, 0) is 10.9 Å². The second-order valence-corrected chi connectivity index (χ2v) is 9.76. The largest absolute Gasteiger partial charge is 0.498 e. The number of amidine groups is 1. The van der Waals surface area contributed by atoms with Crippen LogP contribution in [0.1, 0.15) is 56.2 Å². The molecule has 0 amide bonds. The molecule has 2 aromatic carbocycles. The van der Waals surface area contributed by atoms with Crippen molar-refractivity contribution < 1.29 is 27.0 Å². The molecule has 9 heteroatoms. The minimum Gasteiger partial charge on any atom is -0.498 e. The highest BCUT2D eigenvalue weighted by Crippen LogP contribution is 2.40. The molecule has 3 aliphatic heterocycles. The molecule has 0 saturated heterocycles. The SMILES string of the molecule is CCOc1ccc(C2=C(C)CCOC(CC3CCC=C4N=C(c5ccccc5F)N=C4C=N3)=C2)c(C(F)(F)F)c1. The Kier molecular flexibility index (Phi) is 8.00. The van der Waals surface area contributed by atoms with Crippen LogP contribution in [0, 0.1) is 5.82 Å². The van der Waals surface area contributed by atoms with Gasteiger partial charge in [0, 0.05) is 19.1 Å². The highest BCUT2D eigenvalue weighted by atomic mass is 19.4. The fourth-order valence-corrected chi connectivity index (χ4v) is 4.90. The Hall–Kier alpha value is -4.01. The van der Waals surface area contributed by atoms with Crippen molar-refractivity contribution in [3.8, 4) is 5.75 Å². The molecular weight excluding hydrogens is 522 g/mol. The molecule has 0 saturated carbocycles. The number of rotatable bonds is 6. The molecule has 0 radical (unpaired) electrons. The van der Waals surface area contributed by atoms with E-state index >= 15 is 0 Å². The van der Waals surface area contributed by atoms with Crippen molar-refractivity contribution in [2.75, 3.05) is 13.2 Å². The zero-order valence-electron chi connectivity index (χ0n) is 22.3. The first-order chi connectivity index (χ1) is 19.2. The maximum Gasteiger partial charge on any atom is 0.417 e. The Morgan fingerprint density at radius 2 is 1.90 bits per heavy atom. The van der Waals surface area contributed by atoms with Crippen LogP contribution in [0.25, 0.3) is 5.57 Å².